The number of anilines is 1. The average Bonchev–Trinajstić information content (AvgIpc) is 2.16. The topological polar surface area (TPSA) is 23.5 Å². The molecule has 0 heterocycles. The van der Waals surface area contributed by atoms with Crippen molar-refractivity contribution in [1.29, 1.82) is 0 Å². The number of likely N-dealkylation sites (N-methyl/N-ethyl adjacent to an activating group) is 1. The van der Waals surface area contributed by atoms with Crippen molar-refractivity contribution in [2.24, 2.45) is 0 Å². The van der Waals surface area contributed by atoms with Gasteiger partial charge in [0.1, 0.15) is 0 Å². The van der Waals surface area contributed by atoms with Crippen LogP contribution in [0.2, 0.25) is 5.02 Å². The van der Waals surface area contributed by atoms with Crippen molar-refractivity contribution in [3.8, 4) is 0 Å². The van der Waals surface area contributed by atoms with Crippen LogP contribution in [-0.4, -0.2) is 24.8 Å². The largest absolute Gasteiger partial charge is 0.395 e. The van der Waals surface area contributed by atoms with Gasteiger partial charge < -0.3 is 10.0 Å². The zero-order valence-corrected chi connectivity index (χ0v) is 8.46. The molecule has 0 fully saturated rings. The van der Waals surface area contributed by atoms with Gasteiger partial charge in [0.05, 0.1) is 17.3 Å². The summed E-state index contributed by atoms with van der Waals surface area (Å²) in [7, 11) is 0. The molecule has 0 radical (unpaired) electrons. The van der Waals surface area contributed by atoms with Gasteiger partial charge in [-0.1, -0.05) is 23.7 Å². The van der Waals surface area contributed by atoms with Crippen LogP contribution in [0.5, 0.6) is 0 Å². The summed E-state index contributed by atoms with van der Waals surface area (Å²) in [6, 6.07) is 7.66. The lowest BCUT2D eigenvalue weighted by Crippen LogP contribution is -2.26. The second-order valence-electron chi connectivity index (χ2n) is 2.75. The number of nitrogens with zero attached hydrogens (tertiary/aromatic N) is 1. The summed E-state index contributed by atoms with van der Waals surface area (Å²) in [5, 5.41) is 9.57. The monoisotopic (exact) mass is 199 g/mol. The van der Waals surface area contributed by atoms with Gasteiger partial charge in [0, 0.05) is 13.1 Å². The molecular formula is C10H14ClNO. The number of hydrogen-bond acceptors (Lipinski definition) is 2. The molecule has 0 unspecified atom stereocenters. The molecule has 0 aliphatic carbocycles. The maximum atomic E-state index is 8.84. The molecular weight excluding hydrogens is 186 g/mol. The van der Waals surface area contributed by atoms with Gasteiger partial charge in [-0.25, -0.2) is 0 Å². The molecule has 0 spiro atoms. The Morgan fingerprint density at radius 2 is 2.08 bits per heavy atom. The molecule has 3 heteroatoms. The van der Waals surface area contributed by atoms with Crippen LogP contribution < -0.4 is 4.90 Å². The highest BCUT2D eigenvalue weighted by atomic mass is 35.5. The molecule has 1 N–H and O–H groups in total. The first-order valence-corrected chi connectivity index (χ1v) is 4.77. The van der Waals surface area contributed by atoms with Crippen LogP contribution in [0.25, 0.3) is 0 Å². The molecule has 0 bridgehead atoms. The highest BCUT2D eigenvalue weighted by Crippen LogP contribution is 2.24. The second kappa shape index (κ2) is 5.10. The van der Waals surface area contributed by atoms with E-state index in [1.54, 1.807) is 0 Å². The van der Waals surface area contributed by atoms with E-state index >= 15 is 0 Å². The summed E-state index contributed by atoms with van der Waals surface area (Å²) in [5.41, 5.74) is 0.987. The van der Waals surface area contributed by atoms with E-state index in [2.05, 4.69) is 0 Å². The Balaban J connectivity index is 2.84. The minimum absolute atomic E-state index is 0.152. The van der Waals surface area contributed by atoms with Crippen molar-refractivity contribution >= 4 is 17.3 Å². The first-order chi connectivity index (χ1) is 6.29. The van der Waals surface area contributed by atoms with Gasteiger partial charge in [-0.3, -0.25) is 0 Å². The van der Waals surface area contributed by atoms with Crippen LogP contribution in [0.15, 0.2) is 24.3 Å². The minimum Gasteiger partial charge on any atom is -0.395 e. The highest BCUT2D eigenvalue weighted by molar-refractivity contribution is 6.33. The molecule has 72 valence electrons. The molecule has 13 heavy (non-hydrogen) atoms. The number of rotatable bonds is 4. The lowest BCUT2D eigenvalue weighted by Gasteiger charge is -2.22. The van der Waals surface area contributed by atoms with Crippen molar-refractivity contribution in [2.45, 2.75) is 6.92 Å². The molecule has 1 aromatic rings. The third-order valence-electron chi connectivity index (χ3n) is 1.94. The molecule has 0 saturated heterocycles. The highest BCUT2D eigenvalue weighted by Gasteiger charge is 2.05. The fourth-order valence-electron chi connectivity index (χ4n) is 1.28. The summed E-state index contributed by atoms with van der Waals surface area (Å²) in [4.78, 5) is 2.04. The SMILES string of the molecule is CCN(CCO)c1ccccc1Cl. The number of aliphatic hydroxyl groups excluding tert-OH is 1. The smallest absolute Gasteiger partial charge is 0.0639 e. The first kappa shape index (κ1) is 10.4. The zero-order chi connectivity index (χ0) is 9.68. The predicted octanol–water partition coefficient (Wildman–Crippen LogP) is 2.16. The molecule has 0 aromatic heterocycles. The van der Waals surface area contributed by atoms with Gasteiger partial charge in [-0.05, 0) is 19.1 Å². The lowest BCUT2D eigenvalue weighted by atomic mass is 10.3. The number of hydrogen-bond donors (Lipinski definition) is 1. The van der Waals surface area contributed by atoms with Crippen LogP contribution in [0, 0.1) is 0 Å². The van der Waals surface area contributed by atoms with E-state index in [-0.39, 0.29) is 6.61 Å². The normalized spacial score (nSPS) is 10.1. The number of benzene rings is 1. The number of halogens is 1. The van der Waals surface area contributed by atoms with Crippen molar-refractivity contribution in [3.63, 3.8) is 0 Å². The molecule has 0 aliphatic heterocycles. The zero-order valence-electron chi connectivity index (χ0n) is 7.70. The Hall–Kier alpha value is -0.730. The standard InChI is InChI=1S/C10H14ClNO/c1-2-12(7-8-13)10-6-4-3-5-9(10)11/h3-6,13H,2,7-8H2,1H3. The first-order valence-electron chi connectivity index (χ1n) is 4.40. The summed E-state index contributed by atoms with van der Waals surface area (Å²) in [6.45, 7) is 3.67. The van der Waals surface area contributed by atoms with Crippen molar-refractivity contribution < 1.29 is 5.11 Å². The van der Waals surface area contributed by atoms with E-state index in [4.69, 9.17) is 16.7 Å². The molecule has 1 aromatic carbocycles. The van der Waals surface area contributed by atoms with E-state index in [1.165, 1.54) is 0 Å². The maximum absolute atomic E-state index is 8.84. The summed E-state index contributed by atoms with van der Waals surface area (Å²) >= 11 is 6.01. The number of aliphatic hydroxyl groups is 1. The van der Waals surface area contributed by atoms with Gasteiger partial charge >= 0.3 is 0 Å². The van der Waals surface area contributed by atoms with E-state index < -0.39 is 0 Å². The van der Waals surface area contributed by atoms with Crippen LogP contribution in [0.1, 0.15) is 6.92 Å². The Kier molecular flexibility index (Phi) is 4.06. The van der Waals surface area contributed by atoms with Crippen LogP contribution >= 0.6 is 11.6 Å². The van der Waals surface area contributed by atoms with Crippen molar-refractivity contribution in [2.75, 3.05) is 24.6 Å². The van der Waals surface area contributed by atoms with E-state index in [0.29, 0.717) is 6.54 Å². The van der Waals surface area contributed by atoms with E-state index in [1.807, 2.05) is 36.1 Å². The maximum Gasteiger partial charge on any atom is 0.0639 e. The van der Waals surface area contributed by atoms with E-state index in [9.17, 15) is 0 Å². The Labute approximate surface area is 83.7 Å². The van der Waals surface area contributed by atoms with Gasteiger partial charge in [-0.2, -0.15) is 0 Å². The van der Waals surface area contributed by atoms with Crippen LogP contribution in [0.3, 0.4) is 0 Å². The second-order valence-corrected chi connectivity index (χ2v) is 3.16. The van der Waals surface area contributed by atoms with E-state index in [0.717, 1.165) is 17.3 Å². The molecule has 0 amide bonds. The summed E-state index contributed by atoms with van der Waals surface area (Å²) in [5.74, 6) is 0. The van der Waals surface area contributed by atoms with Gasteiger partial charge in [0.2, 0.25) is 0 Å². The average molecular weight is 200 g/mol. The van der Waals surface area contributed by atoms with Gasteiger partial charge in [0.15, 0.2) is 0 Å². The Morgan fingerprint density at radius 3 is 2.62 bits per heavy atom. The quantitative estimate of drug-likeness (QED) is 0.804. The number of para-hydroxylation sites is 1. The predicted molar refractivity (Wildman–Crippen MR) is 56.4 cm³/mol. The molecule has 0 aliphatic rings. The van der Waals surface area contributed by atoms with Gasteiger partial charge in [0.25, 0.3) is 0 Å². The van der Waals surface area contributed by atoms with Crippen LogP contribution in [0.4, 0.5) is 5.69 Å². The van der Waals surface area contributed by atoms with Crippen LogP contribution in [-0.2, 0) is 0 Å². The molecule has 0 atom stereocenters. The van der Waals surface area contributed by atoms with Gasteiger partial charge in [-0.15, -0.1) is 0 Å². The lowest BCUT2D eigenvalue weighted by molar-refractivity contribution is 0.302. The molecule has 2 nitrogen and oxygen atoms in total. The van der Waals surface area contributed by atoms with Crippen molar-refractivity contribution in [3.05, 3.63) is 29.3 Å². The summed E-state index contributed by atoms with van der Waals surface area (Å²) < 4.78 is 0. The fourth-order valence-corrected chi connectivity index (χ4v) is 1.53. The fraction of sp³-hybridized carbons (Fsp3) is 0.400. The Morgan fingerprint density at radius 1 is 1.38 bits per heavy atom. The molecule has 0 saturated carbocycles. The minimum atomic E-state index is 0.152. The Bertz CT molecular complexity index is 265. The van der Waals surface area contributed by atoms with Crippen molar-refractivity contribution in [1.82, 2.24) is 0 Å². The molecule has 1 rings (SSSR count). The third kappa shape index (κ3) is 2.61. The summed E-state index contributed by atoms with van der Waals surface area (Å²) in [6.07, 6.45) is 0. The third-order valence-corrected chi connectivity index (χ3v) is 2.26.